The number of rotatable bonds is 0. The normalized spacial score (nSPS) is 13.4. The van der Waals surface area contributed by atoms with E-state index in [0.29, 0.717) is 0 Å². The minimum atomic E-state index is 1.25. The van der Waals surface area contributed by atoms with Crippen molar-refractivity contribution in [2.24, 2.45) is 0 Å². The lowest BCUT2D eigenvalue weighted by Gasteiger charge is -2.18. The molecule has 0 aliphatic heterocycles. The second-order valence-electron chi connectivity index (χ2n) is 5.97. The van der Waals surface area contributed by atoms with Crippen LogP contribution in [-0.2, 0) is 12.8 Å². The van der Waals surface area contributed by atoms with Gasteiger partial charge < -0.3 is 0 Å². The number of nitrogens with zero attached hydrogens (tertiary/aromatic N) is 1. The molecular weight excluding hydrogens is 298 g/mol. The highest BCUT2D eigenvalue weighted by Gasteiger charge is 2.13. The number of hydrogen-bond donors (Lipinski definition) is 0. The molecule has 1 aliphatic rings. The fraction of sp³-hybridized carbons (Fsp3) is 0.190. The van der Waals surface area contributed by atoms with Crippen molar-refractivity contribution in [1.82, 2.24) is 4.98 Å². The van der Waals surface area contributed by atoms with Gasteiger partial charge in [-0.05, 0) is 58.4 Å². The van der Waals surface area contributed by atoms with Crippen molar-refractivity contribution in [3.63, 3.8) is 0 Å². The van der Waals surface area contributed by atoms with Gasteiger partial charge in [-0.25, -0.2) is 0 Å². The van der Waals surface area contributed by atoms with Gasteiger partial charge in [0.1, 0.15) is 0 Å². The largest absolute Gasteiger partial charge is 0.253 e. The summed E-state index contributed by atoms with van der Waals surface area (Å²) < 4.78 is 0. The molecule has 1 heterocycles. The van der Waals surface area contributed by atoms with Crippen LogP contribution in [0.5, 0.6) is 0 Å². The van der Waals surface area contributed by atoms with Crippen molar-refractivity contribution in [3.8, 4) is 0 Å². The Morgan fingerprint density at radius 1 is 0.783 bits per heavy atom. The van der Waals surface area contributed by atoms with Gasteiger partial charge in [-0.2, -0.15) is 0 Å². The van der Waals surface area contributed by atoms with Gasteiger partial charge in [0.2, 0.25) is 0 Å². The fourth-order valence-corrected chi connectivity index (χ4v) is 3.87. The molecule has 23 heavy (non-hydrogen) atoms. The predicted octanol–water partition coefficient (Wildman–Crippen LogP) is 6.01. The van der Waals surface area contributed by atoms with Gasteiger partial charge in [0.05, 0.1) is 5.51 Å². The van der Waals surface area contributed by atoms with Gasteiger partial charge in [-0.1, -0.05) is 48.5 Å². The molecule has 0 amide bonds. The number of aromatic nitrogens is 1. The number of benzene rings is 3. The molecule has 0 saturated carbocycles. The minimum Gasteiger partial charge on any atom is -0.253 e. The Kier molecular flexibility index (Phi) is 4.08. The first kappa shape index (κ1) is 14.4. The molecule has 2 heteroatoms. The van der Waals surface area contributed by atoms with Gasteiger partial charge in [0.25, 0.3) is 0 Å². The Bertz CT molecular complexity index is 908. The quantitative estimate of drug-likeness (QED) is 0.362. The maximum Gasteiger partial charge on any atom is 0.0791 e. The number of hydrogen-bond acceptors (Lipinski definition) is 2. The fourth-order valence-electron chi connectivity index (χ4n) is 3.52. The average Bonchev–Trinajstić information content (AvgIpc) is 3.21. The van der Waals surface area contributed by atoms with Gasteiger partial charge in [-0.3, -0.25) is 4.98 Å². The highest BCUT2D eigenvalue weighted by molar-refractivity contribution is 7.07. The van der Waals surface area contributed by atoms with Crippen molar-refractivity contribution in [1.29, 1.82) is 0 Å². The summed E-state index contributed by atoms with van der Waals surface area (Å²) in [5, 5.41) is 7.57. The van der Waals surface area contributed by atoms with Crippen LogP contribution in [0.15, 0.2) is 65.6 Å². The summed E-state index contributed by atoms with van der Waals surface area (Å²) in [4.78, 5) is 3.74. The zero-order chi connectivity index (χ0) is 15.5. The van der Waals surface area contributed by atoms with Gasteiger partial charge in [-0.15, -0.1) is 11.3 Å². The number of aryl methyl sites for hydroxylation is 2. The van der Waals surface area contributed by atoms with E-state index in [1.165, 1.54) is 47.2 Å². The lowest BCUT2D eigenvalue weighted by molar-refractivity contribution is 0.690. The van der Waals surface area contributed by atoms with E-state index in [9.17, 15) is 0 Å². The predicted molar refractivity (Wildman–Crippen MR) is 100 cm³/mol. The molecule has 0 spiro atoms. The third-order valence-corrected chi connectivity index (χ3v) is 5.13. The lowest BCUT2D eigenvalue weighted by Crippen LogP contribution is -2.02. The standard InChI is InChI=1S/C18H16.C3H3NS/c1-3-7-15-13(5-1)9-11-18-16-8-4-2-6-14(16)10-12-17(15)18;1-2-5-3-4-1/h1,3,5,7,9-12H,2,4,6,8H2;1-3H. The zero-order valence-electron chi connectivity index (χ0n) is 13.0. The smallest absolute Gasteiger partial charge is 0.0791 e. The van der Waals surface area contributed by atoms with Gasteiger partial charge in [0, 0.05) is 11.6 Å². The van der Waals surface area contributed by atoms with E-state index in [1.807, 2.05) is 5.38 Å². The molecule has 4 aromatic rings. The first-order valence-corrected chi connectivity index (χ1v) is 9.12. The molecule has 3 aromatic carbocycles. The number of fused-ring (bicyclic) bond motifs is 5. The van der Waals surface area contributed by atoms with Crippen molar-refractivity contribution in [2.75, 3.05) is 0 Å². The summed E-state index contributed by atoms with van der Waals surface area (Å²) in [6, 6.07) is 18.0. The maximum atomic E-state index is 3.74. The Labute approximate surface area is 140 Å². The molecule has 1 aliphatic carbocycles. The zero-order valence-corrected chi connectivity index (χ0v) is 13.9. The van der Waals surface area contributed by atoms with Crippen molar-refractivity contribution < 1.29 is 0 Å². The lowest BCUT2D eigenvalue weighted by atomic mass is 9.86. The van der Waals surface area contributed by atoms with Crippen LogP contribution in [0, 0.1) is 0 Å². The van der Waals surface area contributed by atoms with Crippen molar-refractivity contribution in [2.45, 2.75) is 25.7 Å². The maximum absolute atomic E-state index is 3.74. The van der Waals surface area contributed by atoms with Crippen LogP contribution in [0.4, 0.5) is 0 Å². The van der Waals surface area contributed by atoms with E-state index in [-0.39, 0.29) is 0 Å². The third-order valence-electron chi connectivity index (χ3n) is 4.60. The summed E-state index contributed by atoms with van der Waals surface area (Å²) in [6.45, 7) is 0. The molecule has 0 bridgehead atoms. The number of thiazole rings is 1. The molecule has 5 rings (SSSR count). The van der Waals surface area contributed by atoms with E-state index in [2.05, 4.69) is 53.5 Å². The summed E-state index contributed by atoms with van der Waals surface area (Å²) in [6.07, 6.45) is 6.98. The molecule has 1 nitrogen and oxygen atoms in total. The van der Waals surface area contributed by atoms with Gasteiger partial charge in [0.15, 0.2) is 0 Å². The summed E-state index contributed by atoms with van der Waals surface area (Å²) in [5.41, 5.74) is 4.97. The van der Waals surface area contributed by atoms with Crippen molar-refractivity contribution in [3.05, 3.63) is 76.7 Å². The first-order chi connectivity index (χ1) is 11.4. The average molecular weight is 317 g/mol. The van der Waals surface area contributed by atoms with Crippen LogP contribution in [0.25, 0.3) is 21.5 Å². The highest BCUT2D eigenvalue weighted by Crippen LogP contribution is 2.33. The Hall–Kier alpha value is -2.19. The van der Waals surface area contributed by atoms with Crippen LogP contribution in [0.2, 0.25) is 0 Å². The summed E-state index contributed by atoms with van der Waals surface area (Å²) >= 11 is 1.60. The summed E-state index contributed by atoms with van der Waals surface area (Å²) in [5.74, 6) is 0. The molecule has 0 saturated heterocycles. The Morgan fingerprint density at radius 3 is 2.48 bits per heavy atom. The van der Waals surface area contributed by atoms with E-state index in [4.69, 9.17) is 0 Å². The molecule has 0 N–H and O–H groups in total. The van der Waals surface area contributed by atoms with Crippen LogP contribution in [0.1, 0.15) is 24.0 Å². The van der Waals surface area contributed by atoms with Crippen LogP contribution in [0.3, 0.4) is 0 Å². The highest BCUT2D eigenvalue weighted by atomic mass is 32.1. The molecule has 1 aromatic heterocycles. The first-order valence-electron chi connectivity index (χ1n) is 8.18. The second kappa shape index (κ2) is 6.51. The van der Waals surface area contributed by atoms with E-state index >= 15 is 0 Å². The van der Waals surface area contributed by atoms with E-state index in [1.54, 1.807) is 34.2 Å². The Morgan fingerprint density at radius 2 is 1.65 bits per heavy atom. The summed E-state index contributed by atoms with van der Waals surface area (Å²) in [7, 11) is 0. The third kappa shape index (κ3) is 2.87. The molecule has 0 atom stereocenters. The SMILES string of the molecule is c1ccc2c(c1)ccc1c3c(ccc12)CCCC3.c1cscn1. The monoisotopic (exact) mass is 317 g/mol. The molecule has 114 valence electrons. The minimum absolute atomic E-state index is 1.25. The van der Waals surface area contributed by atoms with E-state index < -0.39 is 0 Å². The molecule has 0 unspecified atom stereocenters. The van der Waals surface area contributed by atoms with Crippen LogP contribution in [-0.4, -0.2) is 4.98 Å². The topological polar surface area (TPSA) is 12.9 Å². The second-order valence-corrected chi connectivity index (χ2v) is 6.72. The van der Waals surface area contributed by atoms with E-state index in [0.717, 1.165) is 0 Å². The van der Waals surface area contributed by atoms with Gasteiger partial charge >= 0.3 is 0 Å². The Balaban J connectivity index is 0.000000233. The van der Waals surface area contributed by atoms with Crippen LogP contribution >= 0.6 is 11.3 Å². The molecular formula is C21H19NS. The molecule has 0 radical (unpaired) electrons. The molecule has 0 fully saturated rings. The van der Waals surface area contributed by atoms with Crippen molar-refractivity contribution >= 4 is 32.9 Å². The van der Waals surface area contributed by atoms with Crippen LogP contribution < -0.4 is 0 Å².